The first-order valence-electron chi connectivity index (χ1n) is 9.88. The summed E-state index contributed by atoms with van der Waals surface area (Å²) < 4.78 is 5.24. The lowest BCUT2D eigenvalue weighted by Crippen LogP contribution is -2.29. The van der Waals surface area contributed by atoms with Crippen LogP contribution in [0.3, 0.4) is 0 Å². The van der Waals surface area contributed by atoms with Gasteiger partial charge in [-0.15, -0.1) is 0 Å². The Morgan fingerprint density at radius 3 is 2.43 bits per heavy atom. The molecule has 1 aromatic heterocycles. The Bertz CT molecular complexity index is 1070. The van der Waals surface area contributed by atoms with Crippen LogP contribution in [0.4, 0.5) is 5.69 Å². The number of anilines is 1. The fraction of sp³-hybridized carbons (Fsp3) is 0.240. The second-order valence-electron chi connectivity index (χ2n) is 8.15. The van der Waals surface area contributed by atoms with Gasteiger partial charge in [0.1, 0.15) is 0 Å². The molecule has 1 unspecified atom stereocenters. The summed E-state index contributed by atoms with van der Waals surface area (Å²) in [5, 5.41) is 3.76. The molecule has 2 aromatic carbocycles. The van der Waals surface area contributed by atoms with E-state index in [0.29, 0.717) is 5.69 Å². The highest BCUT2D eigenvalue weighted by Crippen LogP contribution is 2.23. The number of fused-ring (bicyclic) bond motifs is 1. The van der Waals surface area contributed by atoms with Crippen LogP contribution in [0.2, 0.25) is 0 Å². The van der Waals surface area contributed by atoms with Crippen LogP contribution in [-0.4, -0.2) is 23.0 Å². The van der Waals surface area contributed by atoms with Crippen LogP contribution in [0.15, 0.2) is 66.9 Å². The molecule has 1 amide bonds. The van der Waals surface area contributed by atoms with Gasteiger partial charge in [-0.1, -0.05) is 57.2 Å². The average molecular weight is 402 g/mol. The van der Waals surface area contributed by atoms with Gasteiger partial charge in [0.2, 0.25) is 0 Å². The number of rotatable bonds is 5. The molecule has 5 heteroatoms. The van der Waals surface area contributed by atoms with Crippen LogP contribution in [-0.2, 0) is 19.7 Å². The van der Waals surface area contributed by atoms with Gasteiger partial charge in [-0.05, 0) is 42.2 Å². The molecule has 0 aliphatic heterocycles. The number of amides is 1. The largest absolute Gasteiger partial charge is 0.449 e. The molecule has 0 saturated heterocycles. The SMILES string of the molecule is CC(OC(=O)/C=C/c1cccc2cccnc12)C(=O)Nc1ccc(C(C)(C)C)cc1. The zero-order chi connectivity index (χ0) is 21.7. The molecule has 1 atom stereocenters. The van der Waals surface area contributed by atoms with Gasteiger partial charge in [-0.3, -0.25) is 9.78 Å². The summed E-state index contributed by atoms with van der Waals surface area (Å²) in [6, 6.07) is 17.2. The van der Waals surface area contributed by atoms with Crippen molar-refractivity contribution in [3.63, 3.8) is 0 Å². The lowest BCUT2D eigenvalue weighted by Gasteiger charge is -2.19. The highest BCUT2D eigenvalue weighted by molar-refractivity contribution is 5.97. The molecule has 0 fully saturated rings. The van der Waals surface area contributed by atoms with Gasteiger partial charge in [0, 0.05) is 28.9 Å². The van der Waals surface area contributed by atoms with E-state index in [9.17, 15) is 9.59 Å². The number of benzene rings is 2. The minimum Gasteiger partial charge on any atom is -0.449 e. The highest BCUT2D eigenvalue weighted by Gasteiger charge is 2.18. The van der Waals surface area contributed by atoms with Gasteiger partial charge in [-0.2, -0.15) is 0 Å². The van der Waals surface area contributed by atoms with Gasteiger partial charge >= 0.3 is 5.97 Å². The van der Waals surface area contributed by atoms with Crippen molar-refractivity contribution in [2.75, 3.05) is 5.32 Å². The number of para-hydroxylation sites is 1. The van der Waals surface area contributed by atoms with E-state index in [-0.39, 0.29) is 11.3 Å². The third-order valence-electron chi connectivity index (χ3n) is 4.74. The predicted octanol–water partition coefficient (Wildman–Crippen LogP) is 5.12. The summed E-state index contributed by atoms with van der Waals surface area (Å²) in [5.41, 5.74) is 3.48. The highest BCUT2D eigenvalue weighted by atomic mass is 16.5. The van der Waals surface area contributed by atoms with Crippen molar-refractivity contribution in [3.8, 4) is 0 Å². The lowest BCUT2D eigenvalue weighted by atomic mass is 9.87. The van der Waals surface area contributed by atoms with Crippen molar-refractivity contribution in [1.82, 2.24) is 4.98 Å². The smallest absolute Gasteiger partial charge is 0.331 e. The average Bonchev–Trinajstić information content (AvgIpc) is 2.72. The van der Waals surface area contributed by atoms with E-state index < -0.39 is 12.1 Å². The number of nitrogens with one attached hydrogen (secondary N) is 1. The van der Waals surface area contributed by atoms with Gasteiger partial charge in [0.25, 0.3) is 5.91 Å². The lowest BCUT2D eigenvalue weighted by molar-refractivity contribution is -0.148. The molecule has 3 aromatic rings. The van der Waals surface area contributed by atoms with Crippen molar-refractivity contribution >= 4 is 34.5 Å². The van der Waals surface area contributed by atoms with Crippen LogP contribution in [0.1, 0.15) is 38.8 Å². The molecule has 154 valence electrons. The molecule has 30 heavy (non-hydrogen) atoms. The molecule has 3 rings (SSSR count). The van der Waals surface area contributed by atoms with E-state index in [4.69, 9.17) is 4.74 Å². The summed E-state index contributed by atoms with van der Waals surface area (Å²) in [7, 11) is 0. The summed E-state index contributed by atoms with van der Waals surface area (Å²) in [6.07, 6.45) is 3.74. The predicted molar refractivity (Wildman–Crippen MR) is 120 cm³/mol. The fourth-order valence-electron chi connectivity index (χ4n) is 2.98. The molecular weight excluding hydrogens is 376 g/mol. The third kappa shape index (κ3) is 5.32. The summed E-state index contributed by atoms with van der Waals surface area (Å²) in [6.45, 7) is 7.93. The maximum Gasteiger partial charge on any atom is 0.331 e. The Labute approximate surface area is 176 Å². The quantitative estimate of drug-likeness (QED) is 0.475. The maximum absolute atomic E-state index is 12.4. The van der Waals surface area contributed by atoms with Crippen molar-refractivity contribution in [1.29, 1.82) is 0 Å². The van der Waals surface area contributed by atoms with Crippen LogP contribution in [0, 0.1) is 0 Å². The standard InChI is InChI=1S/C25H26N2O3/c1-17(24(29)27-21-13-11-20(12-14-21)25(2,3)4)30-22(28)15-10-19-8-5-7-18-9-6-16-26-23(18)19/h5-17H,1-4H3,(H,27,29)/b15-10+. The number of pyridine rings is 1. The molecule has 0 aliphatic rings. The van der Waals surface area contributed by atoms with Gasteiger partial charge in [0.15, 0.2) is 6.10 Å². The Balaban J connectivity index is 1.59. The zero-order valence-electron chi connectivity index (χ0n) is 17.7. The molecule has 0 saturated carbocycles. The topological polar surface area (TPSA) is 68.3 Å². The first kappa shape index (κ1) is 21.2. The number of nitrogens with zero attached hydrogens (tertiary/aromatic N) is 1. The van der Waals surface area contributed by atoms with Crippen LogP contribution in [0.25, 0.3) is 17.0 Å². The monoisotopic (exact) mass is 402 g/mol. The van der Waals surface area contributed by atoms with Crippen molar-refractivity contribution in [2.45, 2.75) is 39.2 Å². The van der Waals surface area contributed by atoms with Crippen LogP contribution in [0.5, 0.6) is 0 Å². The van der Waals surface area contributed by atoms with Crippen molar-refractivity contribution < 1.29 is 14.3 Å². The van der Waals surface area contributed by atoms with Gasteiger partial charge in [0.05, 0.1) is 5.52 Å². The van der Waals surface area contributed by atoms with Gasteiger partial charge in [-0.25, -0.2) is 4.79 Å². The Hall–Kier alpha value is -3.47. The normalized spacial score (nSPS) is 12.7. The second-order valence-corrected chi connectivity index (χ2v) is 8.15. The summed E-state index contributed by atoms with van der Waals surface area (Å²) >= 11 is 0. The zero-order valence-corrected chi connectivity index (χ0v) is 17.7. The van der Waals surface area contributed by atoms with E-state index in [2.05, 4.69) is 31.1 Å². The molecule has 1 N–H and O–H groups in total. The van der Waals surface area contributed by atoms with E-state index in [0.717, 1.165) is 16.5 Å². The molecule has 0 radical (unpaired) electrons. The second kappa shape index (κ2) is 8.91. The first-order valence-corrected chi connectivity index (χ1v) is 9.88. The summed E-state index contributed by atoms with van der Waals surface area (Å²) in [5.74, 6) is -0.972. The van der Waals surface area contributed by atoms with E-state index in [1.807, 2.05) is 54.6 Å². The third-order valence-corrected chi connectivity index (χ3v) is 4.74. The van der Waals surface area contributed by atoms with Gasteiger partial charge < -0.3 is 10.1 Å². The molecule has 1 heterocycles. The first-order chi connectivity index (χ1) is 14.2. The number of hydrogen-bond acceptors (Lipinski definition) is 4. The Kier molecular flexibility index (Phi) is 6.31. The fourth-order valence-corrected chi connectivity index (χ4v) is 2.98. The number of ether oxygens (including phenoxy) is 1. The number of carbonyl (C=O) groups is 2. The number of carbonyl (C=O) groups excluding carboxylic acids is 2. The van der Waals surface area contributed by atoms with E-state index >= 15 is 0 Å². The van der Waals surface area contributed by atoms with Crippen molar-refractivity contribution in [3.05, 3.63) is 78.0 Å². The Morgan fingerprint density at radius 1 is 1.03 bits per heavy atom. The molecule has 5 nitrogen and oxygen atoms in total. The molecule has 0 bridgehead atoms. The maximum atomic E-state index is 12.4. The molecule has 0 spiro atoms. The van der Waals surface area contributed by atoms with Crippen molar-refractivity contribution in [2.24, 2.45) is 0 Å². The number of esters is 1. The van der Waals surface area contributed by atoms with Crippen LogP contribution >= 0.6 is 0 Å². The number of hydrogen-bond donors (Lipinski definition) is 1. The van der Waals surface area contributed by atoms with Crippen LogP contribution < -0.4 is 5.32 Å². The molecule has 0 aliphatic carbocycles. The Morgan fingerprint density at radius 2 is 1.73 bits per heavy atom. The van der Waals surface area contributed by atoms with E-state index in [1.54, 1.807) is 19.2 Å². The molecular formula is C25H26N2O3. The van der Waals surface area contributed by atoms with E-state index in [1.165, 1.54) is 11.6 Å². The minimum atomic E-state index is -0.921. The minimum absolute atomic E-state index is 0.0390. The summed E-state index contributed by atoms with van der Waals surface area (Å²) in [4.78, 5) is 28.9. The number of aromatic nitrogens is 1.